The fourth-order valence-corrected chi connectivity index (χ4v) is 4.30. The van der Waals surface area contributed by atoms with Gasteiger partial charge in [0.25, 0.3) is 5.91 Å². The number of nitrogens with zero attached hydrogens (tertiary/aromatic N) is 1. The maximum Gasteiger partial charge on any atom is 0.252 e. The van der Waals surface area contributed by atoms with E-state index in [4.69, 9.17) is 11.6 Å². The first-order valence-corrected chi connectivity index (χ1v) is 9.52. The molecule has 4 nitrogen and oxygen atoms in total. The van der Waals surface area contributed by atoms with Gasteiger partial charge in [0.2, 0.25) is 0 Å². The number of amides is 1. The summed E-state index contributed by atoms with van der Waals surface area (Å²) in [5.41, 5.74) is 1.68. The third-order valence-corrected chi connectivity index (χ3v) is 5.84. The van der Waals surface area contributed by atoms with Gasteiger partial charge in [0.1, 0.15) is 0 Å². The fourth-order valence-electron chi connectivity index (χ4n) is 4.04. The van der Waals surface area contributed by atoms with Crippen LogP contribution in [0.15, 0.2) is 18.2 Å². The predicted molar refractivity (Wildman–Crippen MR) is 100.0 cm³/mol. The van der Waals surface area contributed by atoms with Gasteiger partial charge in [-0.05, 0) is 75.2 Å². The van der Waals surface area contributed by atoms with Crippen molar-refractivity contribution in [2.45, 2.75) is 32.1 Å². The Morgan fingerprint density at radius 2 is 1.88 bits per heavy atom. The molecule has 1 aromatic rings. The molecule has 0 aliphatic carbocycles. The van der Waals surface area contributed by atoms with Crippen molar-refractivity contribution >= 4 is 23.2 Å². The molecule has 0 saturated carbocycles. The first-order valence-electron chi connectivity index (χ1n) is 9.14. The molecule has 2 heterocycles. The smallest absolute Gasteiger partial charge is 0.252 e. The van der Waals surface area contributed by atoms with Gasteiger partial charge >= 0.3 is 0 Å². The minimum Gasteiger partial charge on any atom is -0.371 e. The number of benzene rings is 1. The molecular weight excluding hydrogens is 322 g/mol. The van der Waals surface area contributed by atoms with Crippen molar-refractivity contribution in [3.8, 4) is 0 Å². The van der Waals surface area contributed by atoms with E-state index in [2.05, 4.69) is 15.5 Å². The average molecular weight is 350 g/mol. The second kappa shape index (κ2) is 8.21. The van der Waals surface area contributed by atoms with E-state index in [0.29, 0.717) is 10.6 Å². The van der Waals surface area contributed by atoms with Gasteiger partial charge in [-0.1, -0.05) is 11.6 Å². The first-order chi connectivity index (χ1) is 11.7. The van der Waals surface area contributed by atoms with E-state index < -0.39 is 0 Å². The van der Waals surface area contributed by atoms with E-state index in [0.717, 1.165) is 30.6 Å². The van der Waals surface area contributed by atoms with Crippen molar-refractivity contribution in [2.75, 3.05) is 38.1 Å². The molecule has 0 atom stereocenters. The van der Waals surface area contributed by atoms with E-state index >= 15 is 0 Å². The highest BCUT2D eigenvalue weighted by atomic mass is 35.5. The Hall–Kier alpha value is -1.26. The Balaban J connectivity index is 1.54. The Morgan fingerprint density at radius 1 is 1.21 bits per heavy atom. The lowest BCUT2D eigenvalue weighted by Gasteiger charge is -2.36. The minimum atomic E-state index is -0.132. The van der Waals surface area contributed by atoms with Crippen LogP contribution in [0.5, 0.6) is 0 Å². The zero-order valence-corrected chi connectivity index (χ0v) is 15.2. The first kappa shape index (κ1) is 17.6. The number of halogens is 1. The molecule has 2 fully saturated rings. The molecule has 132 valence electrons. The van der Waals surface area contributed by atoms with Crippen molar-refractivity contribution in [1.29, 1.82) is 0 Å². The van der Waals surface area contributed by atoms with Gasteiger partial charge in [-0.3, -0.25) is 4.79 Å². The number of nitrogens with one attached hydrogen (secondary N) is 2. The lowest BCUT2D eigenvalue weighted by Crippen LogP contribution is -2.35. The second-order valence-electron chi connectivity index (χ2n) is 7.10. The molecule has 2 aliphatic heterocycles. The van der Waals surface area contributed by atoms with Gasteiger partial charge in [-0.15, -0.1) is 0 Å². The monoisotopic (exact) mass is 349 g/mol. The lowest BCUT2D eigenvalue weighted by atomic mass is 9.83. The topological polar surface area (TPSA) is 44.4 Å². The number of carbonyl (C=O) groups excluding carboxylic acids is 1. The minimum absolute atomic E-state index is 0.132. The van der Waals surface area contributed by atoms with E-state index in [-0.39, 0.29) is 5.91 Å². The Labute approximate surface area is 149 Å². The third-order valence-electron chi connectivity index (χ3n) is 5.53. The molecule has 1 aromatic carbocycles. The van der Waals surface area contributed by atoms with Crippen LogP contribution in [-0.4, -0.2) is 39.1 Å². The average Bonchev–Trinajstić information content (AvgIpc) is 2.62. The fraction of sp³-hybridized carbons (Fsp3) is 0.632. The highest BCUT2D eigenvalue weighted by Gasteiger charge is 2.24. The van der Waals surface area contributed by atoms with Crippen LogP contribution in [-0.2, 0) is 0 Å². The standard InChI is InChI=1S/C19H28ClN3O/c1-21-19(24)17-3-2-16(13-18(17)20)23-10-6-15(7-11-23)12-14-4-8-22-9-5-14/h2-3,13-15,22H,4-12H2,1H3,(H,21,24). The van der Waals surface area contributed by atoms with Crippen LogP contribution < -0.4 is 15.5 Å². The summed E-state index contributed by atoms with van der Waals surface area (Å²) in [6.07, 6.45) is 6.61. The zero-order valence-electron chi connectivity index (χ0n) is 14.5. The summed E-state index contributed by atoms with van der Waals surface area (Å²) in [6.45, 7) is 4.57. The normalized spacial score (nSPS) is 20.2. The SMILES string of the molecule is CNC(=O)c1ccc(N2CCC(CC3CCNCC3)CC2)cc1Cl. The zero-order chi connectivity index (χ0) is 16.9. The quantitative estimate of drug-likeness (QED) is 0.876. The molecule has 0 unspecified atom stereocenters. The van der Waals surface area contributed by atoms with Crippen molar-refractivity contribution in [1.82, 2.24) is 10.6 Å². The number of hydrogen-bond acceptors (Lipinski definition) is 3. The molecule has 0 radical (unpaired) electrons. The molecule has 2 aliphatic rings. The highest BCUT2D eigenvalue weighted by Crippen LogP contribution is 2.31. The maximum atomic E-state index is 11.7. The van der Waals surface area contributed by atoms with Crippen molar-refractivity contribution < 1.29 is 4.79 Å². The Morgan fingerprint density at radius 3 is 2.50 bits per heavy atom. The van der Waals surface area contributed by atoms with Gasteiger partial charge in [-0.25, -0.2) is 0 Å². The van der Waals surface area contributed by atoms with Crippen molar-refractivity contribution in [3.63, 3.8) is 0 Å². The Bertz CT molecular complexity index is 564. The molecule has 5 heteroatoms. The molecule has 2 N–H and O–H groups in total. The number of carbonyl (C=O) groups is 1. The molecule has 1 amide bonds. The van der Waals surface area contributed by atoms with E-state index in [1.165, 1.54) is 45.2 Å². The molecule has 24 heavy (non-hydrogen) atoms. The van der Waals surface area contributed by atoms with Crippen LogP contribution in [0.2, 0.25) is 5.02 Å². The van der Waals surface area contributed by atoms with Gasteiger partial charge in [0.05, 0.1) is 10.6 Å². The van der Waals surface area contributed by atoms with Gasteiger partial charge in [0, 0.05) is 25.8 Å². The van der Waals surface area contributed by atoms with Crippen LogP contribution in [0.4, 0.5) is 5.69 Å². The number of anilines is 1. The summed E-state index contributed by atoms with van der Waals surface area (Å²) in [4.78, 5) is 14.1. The van der Waals surface area contributed by atoms with Crippen LogP contribution >= 0.6 is 11.6 Å². The maximum absolute atomic E-state index is 11.7. The summed E-state index contributed by atoms with van der Waals surface area (Å²) < 4.78 is 0. The van der Waals surface area contributed by atoms with Crippen LogP contribution in [0.25, 0.3) is 0 Å². The van der Waals surface area contributed by atoms with Gasteiger partial charge in [-0.2, -0.15) is 0 Å². The Kier molecular flexibility index (Phi) is 6.01. The molecule has 3 rings (SSSR count). The number of hydrogen-bond donors (Lipinski definition) is 2. The predicted octanol–water partition coefficient (Wildman–Crippen LogP) is 3.31. The lowest BCUT2D eigenvalue weighted by molar-refractivity contribution is 0.0963. The summed E-state index contributed by atoms with van der Waals surface area (Å²) in [5, 5.41) is 6.61. The van der Waals surface area contributed by atoms with Crippen LogP contribution in [0.3, 0.4) is 0 Å². The molecule has 0 spiro atoms. The van der Waals surface area contributed by atoms with Crippen LogP contribution in [0.1, 0.15) is 42.5 Å². The van der Waals surface area contributed by atoms with Crippen molar-refractivity contribution in [3.05, 3.63) is 28.8 Å². The summed E-state index contributed by atoms with van der Waals surface area (Å²) in [5.74, 6) is 1.65. The van der Waals surface area contributed by atoms with Gasteiger partial charge in [0.15, 0.2) is 0 Å². The molecular formula is C19H28ClN3O. The second-order valence-corrected chi connectivity index (χ2v) is 7.51. The third kappa shape index (κ3) is 4.22. The summed E-state index contributed by atoms with van der Waals surface area (Å²) in [6, 6.07) is 5.78. The molecule has 0 aromatic heterocycles. The molecule has 2 saturated heterocycles. The highest BCUT2D eigenvalue weighted by molar-refractivity contribution is 6.34. The van der Waals surface area contributed by atoms with Gasteiger partial charge < -0.3 is 15.5 Å². The van der Waals surface area contributed by atoms with E-state index in [1.54, 1.807) is 7.05 Å². The van der Waals surface area contributed by atoms with Crippen LogP contribution in [0, 0.1) is 11.8 Å². The molecule has 0 bridgehead atoms. The summed E-state index contributed by atoms with van der Waals surface area (Å²) >= 11 is 6.29. The van der Waals surface area contributed by atoms with E-state index in [1.807, 2.05) is 18.2 Å². The number of piperidine rings is 2. The van der Waals surface area contributed by atoms with Crippen molar-refractivity contribution in [2.24, 2.45) is 11.8 Å². The number of rotatable bonds is 4. The summed E-state index contributed by atoms with van der Waals surface area (Å²) in [7, 11) is 1.62. The largest absolute Gasteiger partial charge is 0.371 e. The van der Waals surface area contributed by atoms with E-state index in [9.17, 15) is 4.79 Å².